The van der Waals surface area contributed by atoms with Crippen LogP contribution in [0.1, 0.15) is 11.1 Å². The minimum Gasteiger partial charge on any atom is -0.436 e. The summed E-state index contributed by atoms with van der Waals surface area (Å²) in [6.07, 6.45) is 3.21. The van der Waals surface area contributed by atoms with Gasteiger partial charge in [-0.05, 0) is 55.0 Å². The van der Waals surface area contributed by atoms with Gasteiger partial charge in [-0.25, -0.2) is 4.98 Å². The first-order chi connectivity index (χ1) is 13.6. The number of anilines is 1. The molecular weight excluding hydrogens is 372 g/mol. The molecule has 0 atom stereocenters. The van der Waals surface area contributed by atoms with E-state index in [2.05, 4.69) is 10.3 Å². The summed E-state index contributed by atoms with van der Waals surface area (Å²) in [5, 5.41) is 3.49. The van der Waals surface area contributed by atoms with Crippen molar-refractivity contribution in [3.8, 4) is 11.5 Å². The lowest BCUT2D eigenvalue weighted by Crippen LogP contribution is -2.07. The van der Waals surface area contributed by atoms with Crippen molar-refractivity contribution in [2.75, 3.05) is 5.32 Å². The summed E-state index contributed by atoms with van der Waals surface area (Å²) in [7, 11) is 0. The minimum atomic E-state index is -0.229. The molecular formula is C23H17ClN2O2. The number of hydrogen-bond acceptors (Lipinski definition) is 3. The zero-order chi connectivity index (χ0) is 19.5. The molecule has 0 radical (unpaired) electrons. The maximum absolute atomic E-state index is 12.2. The normalized spacial score (nSPS) is 11.2. The van der Waals surface area contributed by atoms with Crippen LogP contribution in [-0.4, -0.2) is 10.9 Å². The highest BCUT2D eigenvalue weighted by Gasteiger charge is 2.09. The van der Waals surface area contributed by atoms with Gasteiger partial charge in [0, 0.05) is 28.4 Å². The number of aryl methyl sites for hydroxylation is 1. The molecule has 3 aromatic carbocycles. The van der Waals surface area contributed by atoms with Gasteiger partial charge >= 0.3 is 0 Å². The molecule has 5 heteroatoms. The molecule has 4 rings (SSSR count). The number of nitrogens with zero attached hydrogens (tertiary/aromatic N) is 1. The molecule has 28 heavy (non-hydrogen) atoms. The largest absolute Gasteiger partial charge is 0.436 e. The van der Waals surface area contributed by atoms with Gasteiger partial charge in [-0.2, -0.15) is 0 Å². The van der Waals surface area contributed by atoms with E-state index in [-0.39, 0.29) is 5.91 Å². The standard InChI is InChI=1S/C23H17ClN2O2/c1-15-3-2-4-17(13-15)23-26-20-11-10-19(14-21(20)28-23)25-22(27)12-7-16-5-8-18(24)9-6-16/h2-14H,1H3,(H,25,27)/b12-7+. The van der Waals surface area contributed by atoms with E-state index in [1.165, 1.54) is 6.08 Å². The van der Waals surface area contributed by atoms with Crippen molar-refractivity contribution in [3.63, 3.8) is 0 Å². The second-order valence-corrected chi connectivity index (χ2v) is 6.88. The van der Waals surface area contributed by atoms with Gasteiger partial charge in [0.05, 0.1) is 0 Å². The van der Waals surface area contributed by atoms with E-state index in [9.17, 15) is 4.79 Å². The molecule has 0 spiro atoms. The SMILES string of the molecule is Cc1cccc(-c2nc3ccc(NC(=O)/C=C/c4ccc(Cl)cc4)cc3o2)c1. The van der Waals surface area contributed by atoms with Crippen LogP contribution in [0, 0.1) is 6.92 Å². The fourth-order valence-corrected chi connectivity index (χ4v) is 2.96. The van der Waals surface area contributed by atoms with E-state index in [0.29, 0.717) is 22.2 Å². The topological polar surface area (TPSA) is 55.1 Å². The fraction of sp³-hybridized carbons (Fsp3) is 0.0435. The maximum atomic E-state index is 12.2. The summed E-state index contributed by atoms with van der Waals surface area (Å²) in [5.74, 6) is 0.331. The van der Waals surface area contributed by atoms with Crippen LogP contribution in [0.2, 0.25) is 5.02 Å². The number of rotatable bonds is 4. The molecule has 0 saturated carbocycles. The van der Waals surface area contributed by atoms with Gasteiger partial charge in [-0.1, -0.05) is 41.4 Å². The monoisotopic (exact) mass is 388 g/mol. The van der Waals surface area contributed by atoms with Crippen LogP contribution in [-0.2, 0) is 4.79 Å². The molecule has 1 aromatic heterocycles. The Morgan fingerprint density at radius 2 is 1.89 bits per heavy atom. The van der Waals surface area contributed by atoms with Crippen molar-refractivity contribution >= 4 is 40.4 Å². The molecule has 0 aliphatic carbocycles. The number of carbonyl (C=O) groups is 1. The van der Waals surface area contributed by atoms with Gasteiger partial charge in [0.15, 0.2) is 5.58 Å². The van der Waals surface area contributed by atoms with E-state index >= 15 is 0 Å². The first kappa shape index (κ1) is 18.0. The molecule has 0 saturated heterocycles. The Morgan fingerprint density at radius 1 is 1.07 bits per heavy atom. The third-order valence-corrected chi connectivity index (χ3v) is 4.47. The van der Waals surface area contributed by atoms with Crippen molar-refractivity contribution in [3.05, 3.63) is 89.0 Å². The quantitative estimate of drug-likeness (QED) is 0.429. The lowest BCUT2D eigenvalue weighted by Gasteiger charge is -2.01. The second kappa shape index (κ2) is 7.71. The molecule has 138 valence electrons. The molecule has 1 amide bonds. The average molecular weight is 389 g/mol. The molecule has 1 N–H and O–H groups in total. The molecule has 0 bridgehead atoms. The molecule has 0 fully saturated rings. The van der Waals surface area contributed by atoms with Gasteiger partial charge in [0.2, 0.25) is 11.8 Å². The van der Waals surface area contributed by atoms with Crippen LogP contribution in [0.15, 0.2) is 77.2 Å². The summed E-state index contributed by atoms with van der Waals surface area (Å²) < 4.78 is 5.88. The third-order valence-electron chi connectivity index (χ3n) is 4.22. The number of oxazole rings is 1. The van der Waals surface area contributed by atoms with Crippen LogP contribution < -0.4 is 5.32 Å². The van der Waals surface area contributed by atoms with Crippen LogP contribution in [0.5, 0.6) is 0 Å². The van der Waals surface area contributed by atoms with Gasteiger partial charge in [0.1, 0.15) is 5.52 Å². The van der Waals surface area contributed by atoms with E-state index < -0.39 is 0 Å². The van der Waals surface area contributed by atoms with Crippen LogP contribution in [0.4, 0.5) is 5.69 Å². The van der Waals surface area contributed by atoms with Crippen molar-refractivity contribution < 1.29 is 9.21 Å². The van der Waals surface area contributed by atoms with Gasteiger partial charge in [-0.3, -0.25) is 4.79 Å². The molecule has 0 unspecified atom stereocenters. The zero-order valence-corrected chi connectivity index (χ0v) is 15.9. The first-order valence-corrected chi connectivity index (χ1v) is 9.17. The van der Waals surface area contributed by atoms with E-state index in [0.717, 1.165) is 22.2 Å². The summed E-state index contributed by atoms with van der Waals surface area (Å²) in [6.45, 7) is 2.03. The molecule has 1 heterocycles. The van der Waals surface area contributed by atoms with Gasteiger partial charge < -0.3 is 9.73 Å². The number of fused-ring (bicyclic) bond motifs is 1. The van der Waals surface area contributed by atoms with Crippen molar-refractivity contribution in [2.24, 2.45) is 0 Å². The Labute approximate surface area is 167 Å². The van der Waals surface area contributed by atoms with Crippen LogP contribution in [0.25, 0.3) is 28.6 Å². The van der Waals surface area contributed by atoms with E-state index in [4.69, 9.17) is 16.0 Å². The van der Waals surface area contributed by atoms with Crippen molar-refractivity contribution in [1.29, 1.82) is 0 Å². The summed E-state index contributed by atoms with van der Waals surface area (Å²) in [5.41, 5.74) is 4.97. The Hall–Kier alpha value is -3.37. The fourth-order valence-electron chi connectivity index (χ4n) is 2.83. The second-order valence-electron chi connectivity index (χ2n) is 6.45. The van der Waals surface area contributed by atoms with Crippen LogP contribution >= 0.6 is 11.6 Å². The molecule has 0 aliphatic heterocycles. The third kappa shape index (κ3) is 4.13. The lowest BCUT2D eigenvalue weighted by molar-refractivity contribution is -0.111. The summed E-state index contributed by atoms with van der Waals surface area (Å²) >= 11 is 5.86. The Morgan fingerprint density at radius 3 is 2.68 bits per heavy atom. The summed E-state index contributed by atoms with van der Waals surface area (Å²) in [4.78, 5) is 16.7. The van der Waals surface area contributed by atoms with Crippen LogP contribution in [0.3, 0.4) is 0 Å². The Kier molecular flexibility index (Phi) is 4.96. The number of benzene rings is 3. The molecule has 4 aromatic rings. The van der Waals surface area contributed by atoms with E-state index in [1.54, 1.807) is 30.3 Å². The Bertz CT molecular complexity index is 1180. The highest BCUT2D eigenvalue weighted by Crippen LogP contribution is 2.26. The van der Waals surface area contributed by atoms with Gasteiger partial charge in [-0.15, -0.1) is 0 Å². The highest BCUT2D eigenvalue weighted by molar-refractivity contribution is 6.30. The minimum absolute atomic E-state index is 0.229. The summed E-state index contributed by atoms with van der Waals surface area (Å²) in [6, 6.07) is 20.6. The lowest BCUT2D eigenvalue weighted by atomic mass is 10.1. The highest BCUT2D eigenvalue weighted by atomic mass is 35.5. The Balaban J connectivity index is 1.51. The van der Waals surface area contributed by atoms with Crippen molar-refractivity contribution in [1.82, 2.24) is 4.98 Å². The number of amides is 1. The number of carbonyl (C=O) groups excluding carboxylic acids is 1. The molecule has 0 aliphatic rings. The van der Waals surface area contributed by atoms with E-state index in [1.807, 2.05) is 49.4 Å². The number of nitrogens with one attached hydrogen (secondary N) is 1. The average Bonchev–Trinajstić information content (AvgIpc) is 3.11. The number of aromatic nitrogens is 1. The number of hydrogen-bond donors (Lipinski definition) is 1. The molecule has 4 nitrogen and oxygen atoms in total. The first-order valence-electron chi connectivity index (χ1n) is 8.79. The number of halogens is 1. The predicted molar refractivity (Wildman–Crippen MR) is 113 cm³/mol. The maximum Gasteiger partial charge on any atom is 0.248 e. The predicted octanol–water partition coefficient (Wildman–Crippen LogP) is 6.11. The van der Waals surface area contributed by atoms with Gasteiger partial charge in [0.25, 0.3) is 0 Å². The zero-order valence-electron chi connectivity index (χ0n) is 15.1. The smallest absolute Gasteiger partial charge is 0.248 e. The van der Waals surface area contributed by atoms with Crippen molar-refractivity contribution in [2.45, 2.75) is 6.92 Å².